The van der Waals surface area contributed by atoms with Crippen molar-refractivity contribution in [3.8, 4) is 0 Å². The van der Waals surface area contributed by atoms with Crippen molar-refractivity contribution in [2.75, 3.05) is 18.0 Å². The molecule has 3 heteroatoms. The van der Waals surface area contributed by atoms with Gasteiger partial charge in [0.1, 0.15) is 5.84 Å². The molecule has 0 amide bonds. The zero-order valence-corrected chi connectivity index (χ0v) is 9.98. The van der Waals surface area contributed by atoms with Gasteiger partial charge in [0.2, 0.25) is 0 Å². The monoisotopic (exact) mass is 217 g/mol. The molecular formula is C13H19N3. The fraction of sp³-hybridized carbons (Fsp3) is 0.462. The molecule has 1 aromatic rings. The van der Waals surface area contributed by atoms with Crippen LogP contribution in [-0.4, -0.2) is 25.0 Å². The number of aliphatic imine (C=N–C) groups is 1. The molecule has 1 aliphatic heterocycles. The molecule has 0 aliphatic carbocycles. The Bertz CT molecular complexity index is 379. The second-order valence-corrected chi connectivity index (χ2v) is 4.43. The fourth-order valence-electron chi connectivity index (χ4n) is 2.06. The Morgan fingerprint density at radius 1 is 1.38 bits per heavy atom. The van der Waals surface area contributed by atoms with E-state index in [4.69, 9.17) is 5.73 Å². The maximum atomic E-state index is 5.78. The number of benzene rings is 1. The van der Waals surface area contributed by atoms with E-state index < -0.39 is 0 Å². The van der Waals surface area contributed by atoms with E-state index in [1.165, 1.54) is 11.3 Å². The highest BCUT2D eigenvalue weighted by atomic mass is 15.2. The van der Waals surface area contributed by atoms with Crippen molar-refractivity contribution in [3.63, 3.8) is 0 Å². The van der Waals surface area contributed by atoms with Gasteiger partial charge in [-0.2, -0.15) is 0 Å². The minimum atomic E-state index is 0.223. The van der Waals surface area contributed by atoms with E-state index in [0.717, 1.165) is 25.3 Å². The molecule has 0 radical (unpaired) electrons. The van der Waals surface area contributed by atoms with Gasteiger partial charge in [-0.05, 0) is 38.0 Å². The summed E-state index contributed by atoms with van der Waals surface area (Å²) in [6, 6.07) is 8.85. The van der Waals surface area contributed by atoms with Crippen LogP contribution >= 0.6 is 0 Å². The predicted molar refractivity (Wildman–Crippen MR) is 69.1 cm³/mol. The maximum Gasteiger partial charge on any atom is 0.100 e. The quantitative estimate of drug-likeness (QED) is 0.839. The molecule has 0 spiro atoms. The van der Waals surface area contributed by atoms with Crippen LogP contribution in [0.4, 0.5) is 5.69 Å². The lowest BCUT2D eigenvalue weighted by atomic mass is 10.1. The van der Waals surface area contributed by atoms with Crippen molar-refractivity contribution in [3.05, 3.63) is 29.8 Å². The van der Waals surface area contributed by atoms with Gasteiger partial charge >= 0.3 is 0 Å². The zero-order valence-electron chi connectivity index (χ0n) is 9.98. The molecule has 0 saturated heterocycles. The van der Waals surface area contributed by atoms with Gasteiger partial charge in [0.25, 0.3) is 0 Å². The van der Waals surface area contributed by atoms with Crippen LogP contribution in [0.15, 0.2) is 29.3 Å². The van der Waals surface area contributed by atoms with Crippen LogP contribution in [0, 0.1) is 0 Å². The summed E-state index contributed by atoms with van der Waals surface area (Å²) in [6.45, 7) is 6.00. The van der Waals surface area contributed by atoms with Crippen LogP contribution in [0.3, 0.4) is 0 Å². The minimum Gasteiger partial charge on any atom is -0.329 e. The standard InChI is InChI=1S/C13H19N3/c1-10(14)9-12-3-5-13(6-4-12)16-8-7-15-11(16)2/h3-6,10H,7-9,14H2,1-2H3. The Morgan fingerprint density at radius 2 is 2.06 bits per heavy atom. The van der Waals surface area contributed by atoms with Crippen molar-refractivity contribution in [2.45, 2.75) is 26.3 Å². The SMILES string of the molecule is CC1=NCCN1c1ccc(CC(C)N)cc1. The highest BCUT2D eigenvalue weighted by Crippen LogP contribution is 2.18. The average molecular weight is 217 g/mol. The van der Waals surface area contributed by atoms with E-state index in [0.29, 0.717) is 0 Å². The summed E-state index contributed by atoms with van der Waals surface area (Å²) in [4.78, 5) is 6.63. The Balaban J connectivity index is 2.10. The smallest absolute Gasteiger partial charge is 0.100 e. The first kappa shape index (κ1) is 11.1. The summed E-state index contributed by atoms with van der Waals surface area (Å²) < 4.78 is 0. The molecule has 0 aromatic heterocycles. The number of hydrogen-bond acceptors (Lipinski definition) is 3. The average Bonchev–Trinajstić information content (AvgIpc) is 2.65. The number of rotatable bonds is 3. The normalized spacial score (nSPS) is 17.4. The van der Waals surface area contributed by atoms with E-state index in [1.807, 2.05) is 6.92 Å². The summed E-state index contributed by atoms with van der Waals surface area (Å²) >= 11 is 0. The van der Waals surface area contributed by atoms with E-state index in [9.17, 15) is 0 Å². The second kappa shape index (κ2) is 4.66. The van der Waals surface area contributed by atoms with Crippen LogP contribution < -0.4 is 10.6 Å². The van der Waals surface area contributed by atoms with Crippen molar-refractivity contribution < 1.29 is 0 Å². The minimum absolute atomic E-state index is 0.223. The predicted octanol–water partition coefficient (Wildman–Crippen LogP) is 1.81. The molecule has 2 rings (SSSR count). The van der Waals surface area contributed by atoms with E-state index in [-0.39, 0.29) is 6.04 Å². The summed E-state index contributed by atoms with van der Waals surface area (Å²) in [7, 11) is 0. The molecule has 1 atom stereocenters. The van der Waals surface area contributed by atoms with Crippen LogP contribution in [-0.2, 0) is 6.42 Å². The highest BCUT2D eigenvalue weighted by molar-refractivity contribution is 5.97. The number of nitrogens with zero attached hydrogens (tertiary/aromatic N) is 2. The molecule has 1 aliphatic rings. The van der Waals surface area contributed by atoms with Crippen molar-refractivity contribution in [1.82, 2.24) is 0 Å². The Labute approximate surface area is 97.0 Å². The number of amidine groups is 1. The van der Waals surface area contributed by atoms with E-state index in [2.05, 4.69) is 41.1 Å². The van der Waals surface area contributed by atoms with Crippen LogP contribution in [0.5, 0.6) is 0 Å². The first-order chi connectivity index (χ1) is 7.66. The van der Waals surface area contributed by atoms with Gasteiger partial charge in [0, 0.05) is 18.3 Å². The third kappa shape index (κ3) is 2.42. The fourth-order valence-corrected chi connectivity index (χ4v) is 2.06. The van der Waals surface area contributed by atoms with E-state index >= 15 is 0 Å². The molecule has 0 fully saturated rings. The van der Waals surface area contributed by atoms with Crippen LogP contribution in [0.25, 0.3) is 0 Å². The molecule has 2 N–H and O–H groups in total. The van der Waals surface area contributed by atoms with Gasteiger partial charge in [-0.15, -0.1) is 0 Å². The number of hydrogen-bond donors (Lipinski definition) is 1. The molecule has 1 heterocycles. The lowest BCUT2D eigenvalue weighted by Crippen LogP contribution is -2.24. The summed E-state index contributed by atoms with van der Waals surface area (Å²) in [5.74, 6) is 1.11. The van der Waals surface area contributed by atoms with E-state index in [1.54, 1.807) is 0 Å². The van der Waals surface area contributed by atoms with Gasteiger partial charge in [-0.1, -0.05) is 12.1 Å². The van der Waals surface area contributed by atoms with Crippen molar-refractivity contribution in [2.24, 2.45) is 10.7 Å². The third-order valence-corrected chi connectivity index (χ3v) is 2.86. The third-order valence-electron chi connectivity index (χ3n) is 2.86. The number of anilines is 1. The maximum absolute atomic E-state index is 5.78. The number of nitrogens with two attached hydrogens (primary N) is 1. The summed E-state index contributed by atoms with van der Waals surface area (Å²) in [6.07, 6.45) is 0.938. The molecule has 16 heavy (non-hydrogen) atoms. The second-order valence-electron chi connectivity index (χ2n) is 4.43. The first-order valence-corrected chi connectivity index (χ1v) is 5.80. The lowest BCUT2D eigenvalue weighted by molar-refractivity contribution is 0.738. The Hall–Kier alpha value is -1.35. The summed E-state index contributed by atoms with van der Waals surface area (Å²) in [5.41, 5.74) is 8.30. The topological polar surface area (TPSA) is 41.6 Å². The van der Waals surface area contributed by atoms with Crippen LogP contribution in [0.2, 0.25) is 0 Å². The molecule has 1 unspecified atom stereocenters. The molecular weight excluding hydrogens is 198 g/mol. The van der Waals surface area contributed by atoms with Crippen molar-refractivity contribution in [1.29, 1.82) is 0 Å². The molecule has 86 valence electrons. The summed E-state index contributed by atoms with van der Waals surface area (Å²) in [5, 5.41) is 0. The molecule has 3 nitrogen and oxygen atoms in total. The Kier molecular flexibility index (Phi) is 3.25. The van der Waals surface area contributed by atoms with Crippen LogP contribution in [0.1, 0.15) is 19.4 Å². The molecule has 1 aromatic carbocycles. The largest absolute Gasteiger partial charge is 0.329 e. The van der Waals surface area contributed by atoms with Gasteiger partial charge in [-0.3, -0.25) is 4.99 Å². The molecule has 0 bridgehead atoms. The van der Waals surface area contributed by atoms with Gasteiger partial charge in [-0.25, -0.2) is 0 Å². The lowest BCUT2D eigenvalue weighted by Gasteiger charge is -2.18. The zero-order chi connectivity index (χ0) is 11.5. The van der Waals surface area contributed by atoms with Gasteiger partial charge in [0.15, 0.2) is 0 Å². The van der Waals surface area contributed by atoms with Gasteiger partial charge < -0.3 is 10.6 Å². The Morgan fingerprint density at radius 3 is 2.56 bits per heavy atom. The highest BCUT2D eigenvalue weighted by Gasteiger charge is 2.13. The van der Waals surface area contributed by atoms with Gasteiger partial charge in [0.05, 0.1) is 6.54 Å². The van der Waals surface area contributed by atoms with Crippen molar-refractivity contribution >= 4 is 11.5 Å². The molecule has 0 saturated carbocycles. The first-order valence-electron chi connectivity index (χ1n) is 5.80.